The van der Waals surface area contributed by atoms with Crippen molar-refractivity contribution in [2.24, 2.45) is 23.7 Å². The number of amides is 2. The minimum atomic E-state index is -0.616. The Morgan fingerprint density at radius 2 is 1.53 bits per heavy atom. The maximum Gasteiger partial charge on any atom is 0.338 e. The molecule has 1 aromatic carbocycles. The van der Waals surface area contributed by atoms with Crippen LogP contribution in [0, 0.1) is 23.7 Å². The molecule has 6 rings (SSSR count). The van der Waals surface area contributed by atoms with Gasteiger partial charge in [0.15, 0.2) is 0 Å². The number of nitrogens with zero attached hydrogens (tertiary/aromatic N) is 5. The van der Waals surface area contributed by atoms with Crippen LogP contribution in [0.4, 0.5) is 5.95 Å². The Balaban J connectivity index is 1.15. The van der Waals surface area contributed by atoms with Crippen LogP contribution in [0.15, 0.2) is 60.9 Å². The van der Waals surface area contributed by atoms with E-state index in [1.807, 2.05) is 6.07 Å². The van der Waals surface area contributed by atoms with Crippen molar-refractivity contribution in [3.63, 3.8) is 0 Å². The third-order valence-electron chi connectivity index (χ3n) is 7.90. The van der Waals surface area contributed by atoms with Crippen molar-refractivity contribution < 1.29 is 19.1 Å². The second-order valence-corrected chi connectivity index (χ2v) is 10.0. The van der Waals surface area contributed by atoms with Crippen LogP contribution in [-0.4, -0.2) is 82.9 Å². The van der Waals surface area contributed by atoms with Crippen LogP contribution in [0.1, 0.15) is 16.8 Å². The van der Waals surface area contributed by atoms with Crippen LogP contribution >= 0.6 is 0 Å². The van der Waals surface area contributed by atoms with E-state index in [1.54, 1.807) is 42.7 Å². The highest BCUT2D eigenvalue weighted by Gasteiger charge is 2.59. The summed E-state index contributed by atoms with van der Waals surface area (Å²) in [6.45, 7) is 3.48. The molecule has 1 saturated carbocycles. The number of ether oxygens (including phenoxy) is 1. The summed E-state index contributed by atoms with van der Waals surface area (Å²) in [5, 5.41) is 0. The average Bonchev–Trinajstić information content (AvgIpc) is 3.60. The Bertz CT molecular complexity index is 1140. The fourth-order valence-electron chi connectivity index (χ4n) is 6.15. The van der Waals surface area contributed by atoms with Crippen molar-refractivity contribution in [3.05, 3.63) is 66.5 Å². The topological polar surface area (TPSA) is 95.9 Å². The number of esters is 1. The smallest absolute Gasteiger partial charge is 0.338 e. The number of piperazine rings is 1. The van der Waals surface area contributed by atoms with Crippen molar-refractivity contribution in [3.8, 4) is 0 Å². The summed E-state index contributed by atoms with van der Waals surface area (Å²) >= 11 is 0. The molecule has 2 bridgehead atoms. The Hall–Kier alpha value is -3.59. The summed E-state index contributed by atoms with van der Waals surface area (Å²) in [6, 6.07) is 10.6. The van der Waals surface area contributed by atoms with Crippen molar-refractivity contribution in [1.82, 2.24) is 19.8 Å². The molecule has 2 aliphatic carbocycles. The van der Waals surface area contributed by atoms with Gasteiger partial charge in [-0.25, -0.2) is 14.8 Å². The van der Waals surface area contributed by atoms with Crippen LogP contribution < -0.4 is 4.90 Å². The number of hydrogen-bond donors (Lipinski definition) is 0. The average molecular weight is 488 g/mol. The highest BCUT2D eigenvalue weighted by atomic mass is 16.5. The predicted octanol–water partition coefficient (Wildman–Crippen LogP) is 1.63. The van der Waals surface area contributed by atoms with Gasteiger partial charge < -0.3 is 9.64 Å². The van der Waals surface area contributed by atoms with Gasteiger partial charge >= 0.3 is 5.97 Å². The third-order valence-corrected chi connectivity index (χ3v) is 7.90. The van der Waals surface area contributed by atoms with Gasteiger partial charge in [0.1, 0.15) is 6.10 Å². The van der Waals surface area contributed by atoms with E-state index in [4.69, 9.17) is 4.74 Å². The van der Waals surface area contributed by atoms with E-state index in [-0.39, 0.29) is 42.0 Å². The van der Waals surface area contributed by atoms with Crippen molar-refractivity contribution in [2.75, 3.05) is 44.2 Å². The van der Waals surface area contributed by atoms with E-state index in [1.165, 1.54) is 4.90 Å². The van der Waals surface area contributed by atoms with Gasteiger partial charge in [-0.1, -0.05) is 30.4 Å². The van der Waals surface area contributed by atoms with E-state index in [2.05, 4.69) is 31.9 Å². The number of allylic oxidation sites excluding steroid dienone is 2. The van der Waals surface area contributed by atoms with E-state index < -0.39 is 12.1 Å². The Morgan fingerprint density at radius 3 is 2.17 bits per heavy atom. The normalized spacial score (nSPS) is 28.0. The van der Waals surface area contributed by atoms with Crippen LogP contribution in [0.3, 0.4) is 0 Å². The molecule has 0 N–H and O–H groups in total. The molecule has 3 fully saturated rings. The Kier molecular flexibility index (Phi) is 6.00. The minimum Gasteiger partial charge on any atom is -0.455 e. The highest BCUT2D eigenvalue weighted by Crippen LogP contribution is 2.52. The van der Waals surface area contributed by atoms with Crippen molar-refractivity contribution in [2.45, 2.75) is 12.5 Å². The lowest BCUT2D eigenvalue weighted by Gasteiger charge is -2.36. The van der Waals surface area contributed by atoms with E-state index >= 15 is 0 Å². The van der Waals surface area contributed by atoms with E-state index in [9.17, 15) is 14.4 Å². The van der Waals surface area contributed by atoms with Crippen LogP contribution in [0.25, 0.3) is 0 Å². The molecule has 2 aliphatic heterocycles. The first-order chi connectivity index (χ1) is 17.6. The third kappa shape index (κ3) is 4.17. The summed E-state index contributed by atoms with van der Waals surface area (Å²) in [7, 11) is 0. The zero-order valence-corrected chi connectivity index (χ0v) is 20.0. The first kappa shape index (κ1) is 22.8. The molecule has 0 radical (unpaired) electrons. The quantitative estimate of drug-likeness (QED) is 0.330. The molecule has 5 unspecified atom stereocenters. The van der Waals surface area contributed by atoms with Gasteiger partial charge in [-0.3, -0.25) is 19.4 Å². The zero-order valence-electron chi connectivity index (χ0n) is 20.0. The SMILES string of the molecule is O=C(OC(CN1CCN(c2ncccn2)CC1)CN1C(=O)C2C3C=CC(C3)C2C1=O)c1ccccc1. The first-order valence-electron chi connectivity index (χ1n) is 12.6. The number of likely N-dealkylation sites (tertiary alicyclic amines) is 1. The Labute approximate surface area is 209 Å². The molecular weight excluding hydrogens is 458 g/mol. The number of fused-ring (bicyclic) bond motifs is 5. The molecule has 1 aromatic heterocycles. The molecule has 2 aromatic rings. The molecule has 36 heavy (non-hydrogen) atoms. The van der Waals surface area contributed by atoms with E-state index in [0.29, 0.717) is 18.1 Å². The molecule has 2 amide bonds. The second kappa shape index (κ2) is 9.46. The molecule has 5 atom stereocenters. The van der Waals surface area contributed by atoms with Gasteiger partial charge in [-0.05, 0) is 36.5 Å². The van der Waals surface area contributed by atoms with Crippen LogP contribution in [-0.2, 0) is 14.3 Å². The summed E-state index contributed by atoms with van der Waals surface area (Å²) in [5.74, 6) is -0.188. The monoisotopic (exact) mass is 487 g/mol. The van der Waals surface area contributed by atoms with Crippen LogP contribution in [0.2, 0.25) is 0 Å². The summed E-state index contributed by atoms with van der Waals surface area (Å²) in [5.41, 5.74) is 0.451. The fourth-order valence-corrected chi connectivity index (χ4v) is 6.15. The van der Waals surface area contributed by atoms with E-state index in [0.717, 1.165) is 32.6 Å². The molecule has 9 nitrogen and oxygen atoms in total. The number of rotatable bonds is 7. The number of anilines is 1. The summed E-state index contributed by atoms with van der Waals surface area (Å²) in [6.07, 6.45) is 7.91. The Morgan fingerprint density at radius 1 is 0.889 bits per heavy atom. The number of hydrogen-bond acceptors (Lipinski definition) is 8. The number of imide groups is 1. The van der Waals surface area contributed by atoms with Gasteiger partial charge in [0.2, 0.25) is 17.8 Å². The van der Waals surface area contributed by atoms with Gasteiger partial charge in [-0.15, -0.1) is 0 Å². The number of carbonyl (C=O) groups is 3. The molecule has 3 heterocycles. The summed E-state index contributed by atoms with van der Waals surface area (Å²) < 4.78 is 5.92. The van der Waals surface area contributed by atoms with Crippen molar-refractivity contribution >= 4 is 23.7 Å². The lowest BCUT2D eigenvalue weighted by Crippen LogP contribution is -2.52. The van der Waals surface area contributed by atoms with Crippen molar-refractivity contribution in [1.29, 1.82) is 0 Å². The molecule has 9 heteroatoms. The van der Waals surface area contributed by atoms with Gasteiger partial charge in [0, 0.05) is 45.1 Å². The van der Waals surface area contributed by atoms with Gasteiger partial charge in [0.25, 0.3) is 0 Å². The second-order valence-electron chi connectivity index (χ2n) is 10.0. The lowest BCUT2D eigenvalue weighted by molar-refractivity contribution is -0.142. The van der Waals surface area contributed by atoms with Gasteiger partial charge in [-0.2, -0.15) is 0 Å². The van der Waals surface area contributed by atoms with Crippen LogP contribution in [0.5, 0.6) is 0 Å². The molecule has 4 aliphatic rings. The maximum absolute atomic E-state index is 13.3. The molecule has 2 saturated heterocycles. The standard InChI is InChI=1S/C27H29N5O4/c33-24-22-19-7-8-20(15-19)23(22)25(34)32(24)17-21(36-26(35)18-5-2-1-3-6-18)16-30-11-13-31(14-12-30)27-28-9-4-10-29-27/h1-10,19-23H,11-17H2. The zero-order chi connectivity index (χ0) is 24.6. The predicted molar refractivity (Wildman–Crippen MR) is 131 cm³/mol. The number of benzene rings is 1. The molecule has 0 spiro atoms. The largest absolute Gasteiger partial charge is 0.455 e. The molecular formula is C27H29N5O4. The lowest BCUT2D eigenvalue weighted by atomic mass is 9.85. The number of aromatic nitrogens is 2. The van der Waals surface area contributed by atoms with Gasteiger partial charge in [0.05, 0.1) is 23.9 Å². The summed E-state index contributed by atoms with van der Waals surface area (Å²) in [4.78, 5) is 53.8. The fraction of sp³-hybridized carbons (Fsp3) is 0.444. The highest BCUT2D eigenvalue weighted by molar-refractivity contribution is 6.06. The minimum absolute atomic E-state index is 0.0880. The number of carbonyl (C=O) groups excluding carboxylic acids is 3. The molecule has 186 valence electrons. The first-order valence-corrected chi connectivity index (χ1v) is 12.6. The maximum atomic E-state index is 13.3.